The average molecular weight is 419 g/mol. The number of likely N-dealkylation sites (tertiary alicyclic amines) is 1. The summed E-state index contributed by atoms with van der Waals surface area (Å²) in [6.07, 6.45) is 2.15. The van der Waals surface area contributed by atoms with E-state index in [9.17, 15) is 15.2 Å². The van der Waals surface area contributed by atoms with Gasteiger partial charge in [-0.2, -0.15) is 5.26 Å². The number of anilines is 1. The van der Waals surface area contributed by atoms with Crippen LogP contribution in [0.4, 0.5) is 10.5 Å². The molecule has 31 heavy (non-hydrogen) atoms. The van der Waals surface area contributed by atoms with Crippen LogP contribution in [0.5, 0.6) is 0 Å². The molecule has 0 bridgehead atoms. The maximum absolute atomic E-state index is 13.2. The van der Waals surface area contributed by atoms with E-state index in [1.165, 1.54) is 5.56 Å². The van der Waals surface area contributed by atoms with E-state index in [0.717, 1.165) is 44.7 Å². The van der Waals surface area contributed by atoms with Crippen molar-refractivity contribution in [2.75, 3.05) is 44.2 Å². The van der Waals surface area contributed by atoms with Crippen molar-refractivity contribution < 1.29 is 9.90 Å². The molecule has 6 nitrogen and oxygen atoms in total. The number of urea groups is 1. The van der Waals surface area contributed by atoms with Crippen molar-refractivity contribution in [2.45, 2.75) is 19.4 Å². The summed E-state index contributed by atoms with van der Waals surface area (Å²) in [5, 5.41) is 19.0. The summed E-state index contributed by atoms with van der Waals surface area (Å²) in [5.74, 6) is 0.488. The van der Waals surface area contributed by atoms with E-state index in [1.807, 2.05) is 17.0 Å². The minimum atomic E-state index is -0.0218. The van der Waals surface area contributed by atoms with E-state index < -0.39 is 0 Å². The van der Waals surface area contributed by atoms with Crippen molar-refractivity contribution in [1.29, 1.82) is 5.26 Å². The van der Waals surface area contributed by atoms with Crippen molar-refractivity contribution in [3.63, 3.8) is 0 Å². The molecular weight excluding hydrogens is 388 g/mol. The van der Waals surface area contributed by atoms with E-state index in [0.29, 0.717) is 24.6 Å². The smallest absolute Gasteiger partial charge is 0.324 e. The molecule has 0 aliphatic carbocycles. The normalized spacial score (nSPS) is 20.6. The van der Waals surface area contributed by atoms with Crippen LogP contribution >= 0.6 is 0 Å². The summed E-state index contributed by atoms with van der Waals surface area (Å²) >= 11 is 0. The van der Waals surface area contributed by atoms with Crippen molar-refractivity contribution in [3.05, 3.63) is 65.7 Å². The number of hydrogen-bond donors (Lipinski definition) is 1. The third kappa shape index (κ3) is 5.25. The first-order chi connectivity index (χ1) is 15.2. The lowest BCUT2D eigenvalue weighted by Crippen LogP contribution is -2.56. The molecule has 4 rings (SSSR count). The van der Waals surface area contributed by atoms with Gasteiger partial charge in [0.15, 0.2) is 0 Å². The van der Waals surface area contributed by atoms with Crippen LogP contribution in [0.25, 0.3) is 0 Å². The van der Waals surface area contributed by atoms with Crippen LogP contribution in [0.15, 0.2) is 54.6 Å². The predicted octanol–water partition coefficient (Wildman–Crippen LogP) is 3.32. The minimum Gasteiger partial charge on any atom is -0.396 e. The minimum absolute atomic E-state index is 0.0154. The second kappa shape index (κ2) is 9.95. The Labute approximate surface area is 184 Å². The Hall–Kier alpha value is -2.88. The highest BCUT2D eigenvalue weighted by Gasteiger charge is 2.34. The number of benzene rings is 2. The van der Waals surface area contributed by atoms with Crippen molar-refractivity contribution >= 4 is 11.7 Å². The molecule has 0 radical (unpaired) electrons. The van der Waals surface area contributed by atoms with Gasteiger partial charge in [-0.25, -0.2) is 4.79 Å². The number of nitrogens with zero attached hydrogens (tertiary/aromatic N) is 4. The van der Waals surface area contributed by atoms with Gasteiger partial charge in [-0.1, -0.05) is 36.4 Å². The van der Waals surface area contributed by atoms with Gasteiger partial charge in [-0.15, -0.1) is 0 Å². The van der Waals surface area contributed by atoms with Crippen molar-refractivity contribution in [3.8, 4) is 6.07 Å². The summed E-state index contributed by atoms with van der Waals surface area (Å²) in [4.78, 5) is 19.4. The van der Waals surface area contributed by atoms with Crippen LogP contribution in [0.1, 0.15) is 24.0 Å². The number of piperidine rings is 1. The summed E-state index contributed by atoms with van der Waals surface area (Å²) < 4.78 is 0. The molecule has 2 saturated heterocycles. The fourth-order valence-corrected chi connectivity index (χ4v) is 4.66. The summed E-state index contributed by atoms with van der Waals surface area (Å²) in [6.45, 7) is 4.91. The maximum Gasteiger partial charge on any atom is 0.324 e. The molecule has 2 aliphatic rings. The van der Waals surface area contributed by atoms with Gasteiger partial charge in [-0.3, -0.25) is 9.80 Å². The largest absolute Gasteiger partial charge is 0.396 e. The monoisotopic (exact) mass is 418 g/mol. The lowest BCUT2D eigenvalue weighted by molar-refractivity contribution is 0.115. The van der Waals surface area contributed by atoms with Gasteiger partial charge in [0.25, 0.3) is 0 Å². The van der Waals surface area contributed by atoms with Crippen LogP contribution in [0.2, 0.25) is 0 Å². The van der Waals surface area contributed by atoms with Crippen LogP contribution in [-0.2, 0) is 6.54 Å². The number of carbonyl (C=O) groups excluding carboxylic acids is 1. The van der Waals surface area contributed by atoms with Crippen molar-refractivity contribution in [1.82, 2.24) is 9.80 Å². The Morgan fingerprint density at radius 1 is 1.00 bits per heavy atom. The highest BCUT2D eigenvalue weighted by atomic mass is 16.3. The zero-order valence-corrected chi connectivity index (χ0v) is 17.9. The predicted molar refractivity (Wildman–Crippen MR) is 120 cm³/mol. The van der Waals surface area contributed by atoms with Crippen LogP contribution in [0, 0.1) is 23.2 Å². The van der Waals surface area contributed by atoms with Gasteiger partial charge in [-0.05, 0) is 55.6 Å². The topological polar surface area (TPSA) is 70.8 Å². The molecule has 2 fully saturated rings. The second-order valence-corrected chi connectivity index (χ2v) is 8.71. The zero-order valence-electron chi connectivity index (χ0n) is 17.9. The standard InChI is InChI=1S/C25H30N4O2/c26-14-22-7-4-8-24(13-22)29-18-23(19-30)17-28(25(29)31)16-21-9-11-27(12-10-21)15-20-5-2-1-3-6-20/h1-8,13,21,23,30H,9-12,15-19H2. The molecule has 2 aliphatic heterocycles. The third-order valence-corrected chi connectivity index (χ3v) is 6.40. The molecule has 2 aromatic rings. The first-order valence-corrected chi connectivity index (χ1v) is 11.1. The van der Waals surface area contributed by atoms with Gasteiger partial charge in [0.05, 0.1) is 11.6 Å². The Balaban J connectivity index is 1.37. The number of hydrogen-bond acceptors (Lipinski definition) is 4. The molecule has 162 valence electrons. The maximum atomic E-state index is 13.2. The van der Waals surface area contributed by atoms with Crippen LogP contribution < -0.4 is 4.90 Å². The molecule has 0 spiro atoms. The van der Waals surface area contributed by atoms with Crippen molar-refractivity contribution in [2.24, 2.45) is 11.8 Å². The molecule has 1 N–H and O–H groups in total. The highest BCUT2D eigenvalue weighted by Crippen LogP contribution is 2.26. The van der Waals surface area contributed by atoms with Gasteiger partial charge in [0.2, 0.25) is 0 Å². The average Bonchev–Trinajstić information content (AvgIpc) is 2.82. The lowest BCUT2D eigenvalue weighted by atomic mass is 9.94. The van der Waals surface area contributed by atoms with Crippen LogP contribution in [0.3, 0.4) is 0 Å². The Bertz CT molecular complexity index is 919. The molecule has 1 atom stereocenters. The van der Waals surface area contributed by atoms with E-state index in [4.69, 9.17) is 0 Å². The first-order valence-electron chi connectivity index (χ1n) is 11.1. The highest BCUT2D eigenvalue weighted by molar-refractivity contribution is 5.93. The van der Waals surface area contributed by atoms with E-state index in [2.05, 4.69) is 35.2 Å². The molecule has 6 heteroatoms. The number of rotatable bonds is 6. The van der Waals surface area contributed by atoms with Gasteiger partial charge in [0, 0.05) is 44.4 Å². The summed E-state index contributed by atoms with van der Waals surface area (Å²) in [7, 11) is 0. The van der Waals surface area contributed by atoms with Gasteiger partial charge >= 0.3 is 6.03 Å². The fourth-order valence-electron chi connectivity index (χ4n) is 4.66. The summed E-state index contributed by atoms with van der Waals surface area (Å²) in [6, 6.07) is 19.8. The fraction of sp³-hybridized carbons (Fsp3) is 0.440. The van der Waals surface area contributed by atoms with Gasteiger partial charge < -0.3 is 10.0 Å². The SMILES string of the molecule is N#Cc1cccc(N2CC(CO)CN(CC3CCN(Cc4ccccc4)CC3)C2=O)c1. The number of nitriles is 1. The Morgan fingerprint density at radius 3 is 2.48 bits per heavy atom. The number of amides is 2. The second-order valence-electron chi connectivity index (χ2n) is 8.71. The van der Waals surface area contributed by atoms with E-state index in [-0.39, 0.29) is 18.6 Å². The molecule has 0 aromatic heterocycles. The first kappa shape index (κ1) is 21.4. The molecule has 1 unspecified atom stereocenters. The van der Waals surface area contributed by atoms with Crippen LogP contribution in [-0.4, -0.2) is 60.3 Å². The van der Waals surface area contributed by atoms with Gasteiger partial charge in [0.1, 0.15) is 0 Å². The number of aliphatic hydroxyl groups is 1. The zero-order chi connectivity index (χ0) is 21.6. The molecule has 0 saturated carbocycles. The lowest BCUT2D eigenvalue weighted by Gasteiger charge is -2.42. The molecule has 2 amide bonds. The third-order valence-electron chi connectivity index (χ3n) is 6.40. The van der Waals surface area contributed by atoms with E-state index >= 15 is 0 Å². The Morgan fingerprint density at radius 2 is 1.77 bits per heavy atom. The number of aliphatic hydroxyl groups excluding tert-OH is 1. The number of carbonyl (C=O) groups is 1. The molecular formula is C25H30N4O2. The molecule has 2 aromatic carbocycles. The quantitative estimate of drug-likeness (QED) is 0.781. The molecule has 2 heterocycles. The Kier molecular flexibility index (Phi) is 6.86. The summed E-state index contributed by atoms with van der Waals surface area (Å²) in [5.41, 5.74) is 2.60. The van der Waals surface area contributed by atoms with E-state index in [1.54, 1.807) is 23.1 Å².